The number of carbonyl (C=O) groups is 2. The molecule has 5 fully saturated rings. The molecule has 30 heavy (non-hydrogen) atoms. The van der Waals surface area contributed by atoms with Gasteiger partial charge in [0.2, 0.25) is 0 Å². The van der Waals surface area contributed by atoms with E-state index < -0.39 is 5.60 Å². The van der Waals surface area contributed by atoms with E-state index in [1.54, 1.807) is 0 Å². The average Bonchev–Trinajstić information content (AvgIpc) is 3.28. The molecule has 0 bridgehead atoms. The maximum Gasteiger partial charge on any atom is 0.302 e. The summed E-state index contributed by atoms with van der Waals surface area (Å²) >= 11 is 0. The summed E-state index contributed by atoms with van der Waals surface area (Å²) in [6, 6.07) is 0. The maximum atomic E-state index is 11.8. The number of ether oxygens (including phenoxy) is 3. The number of hydrogen-bond acceptors (Lipinski definition) is 6. The molecular weight excluding hydrogens is 384 g/mol. The third kappa shape index (κ3) is 2.62. The summed E-state index contributed by atoms with van der Waals surface area (Å²) in [4.78, 5) is 23.4. The Morgan fingerprint density at radius 1 is 1.03 bits per heavy atom. The van der Waals surface area contributed by atoms with E-state index in [4.69, 9.17) is 14.2 Å². The van der Waals surface area contributed by atoms with E-state index >= 15 is 0 Å². The second-order valence-corrected chi connectivity index (χ2v) is 11.3. The molecule has 0 unspecified atom stereocenters. The van der Waals surface area contributed by atoms with Gasteiger partial charge in [-0.05, 0) is 75.0 Å². The van der Waals surface area contributed by atoms with Crippen molar-refractivity contribution < 1.29 is 28.9 Å². The standard InChI is InChI=1S/C24H36O6/c1-14(25)28-13-23-10-5-16(29-15(2)26)12-24(23)20(30-24)11-17-18-7-9-22(4,27)21(18,3)8-6-19(17)23/h16-20,27H,5-13H2,1-4H3/t16-,17-,18-,19-,20-,21-,22-,23-,24-/m0/s1. The number of esters is 2. The van der Waals surface area contributed by atoms with Gasteiger partial charge >= 0.3 is 11.9 Å². The zero-order chi connectivity index (χ0) is 21.5. The maximum absolute atomic E-state index is 11.8. The molecule has 0 aromatic rings. The Morgan fingerprint density at radius 2 is 1.77 bits per heavy atom. The number of carbonyl (C=O) groups excluding carboxylic acids is 2. The fourth-order valence-electron chi connectivity index (χ4n) is 8.51. The molecule has 4 saturated carbocycles. The van der Waals surface area contributed by atoms with Crippen LogP contribution in [0.15, 0.2) is 0 Å². The second-order valence-electron chi connectivity index (χ2n) is 11.3. The van der Waals surface area contributed by atoms with Gasteiger partial charge in [0.1, 0.15) is 18.3 Å². The van der Waals surface area contributed by atoms with Crippen LogP contribution < -0.4 is 0 Å². The topological polar surface area (TPSA) is 85.4 Å². The van der Waals surface area contributed by atoms with Crippen molar-refractivity contribution in [1.82, 2.24) is 0 Å². The van der Waals surface area contributed by atoms with Gasteiger partial charge in [0.25, 0.3) is 0 Å². The van der Waals surface area contributed by atoms with Crippen LogP contribution >= 0.6 is 0 Å². The molecule has 6 heteroatoms. The number of rotatable bonds is 3. The largest absolute Gasteiger partial charge is 0.465 e. The van der Waals surface area contributed by atoms with Crippen LogP contribution in [0.25, 0.3) is 0 Å². The van der Waals surface area contributed by atoms with E-state index in [2.05, 4.69) is 6.92 Å². The summed E-state index contributed by atoms with van der Waals surface area (Å²) in [6.07, 6.45) is 7.35. The minimum absolute atomic E-state index is 0.0549. The van der Waals surface area contributed by atoms with Crippen LogP contribution in [0.4, 0.5) is 0 Å². The fourth-order valence-corrected chi connectivity index (χ4v) is 8.51. The number of epoxide rings is 1. The zero-order valence-electron chi connectivity index (χ0n) is 18.7. The minimum atomic E-state index is -0.613. The lowest BCUT2D eigenvalue weighted by molar-refractivity contribution is -0.181. The summed E-state index contributed by atoms with van der Waals surface area (Å²) in [7, 11) is 0. The van der Waals surface area contributed by atoms with Crippen LogP contribution in [0, 0.1) is 28.6 Å². The summed E-state index contributed by atoms with van der Waals surface area (Å²) < 4.78 is 17.8. The Labute approximate surface area is 179 Å². The third-order valence-corrected chi connectivity index (χ3v) is 10.2. The molecule has 9 atom stereocenters. The Morgan fingerprint density at radius 3 is 2.47 bits per heavy atom. The molecular formula is C24H36O6. The molecule has 1 heterocycles. The number of aliphatic hydroxyl groups is 1. The monoisotopic (exact) mass is 420 g/mol. The van der Waals surface area contributed by atoms with Crippen LogP contribution in [0.3, 0.4) is 0 Å². The van der Waals surface area contributed by atoms with Gasteiger partial charge in [-0.15, -0.1) is 0 Å². The van der Waals surface area contributed by atoms with Crippen molar-refractivity contribution >= 4 is 11.9 Å². The summed E-state index contributed by atoms with van der Waals surface area (Å²) in [5, 5.41) is 11.2. The van der Waals surface area contributed by atoms with Crippen molar-refractivity contribution in [2.45, 2.75) is 102 Å². The SMILES string of the molecule is CC(=O)OC[C@]12CC[C@H](OC(C)=O)C[C@@]13O[C@H]3C[C@@H]1[C@@H]2CC[C@@]2(C)[C@H]1CC[C@]2(C)O. The van der Waals surface area contributed by atoms with Gasteiger partial charge in [-0.3, -0.25) is 9.59 Å². The van der Waals surface area contributed by atoms with E-state index in [-0.39, 0.29) is 40.6 Å². The highest BCUT2D eigenvalue weighted by Crippen LogP contribution is 2.74. The van der Waals surface area contributed by atoms with Crippen LogP contribution in [0.1, 0.15) is 79.1 Å². The smallest absolute Gasteiger partial charge is 0.302 e. The lowest BCUT2D eigenvalue weighted by atomic mass is 9.44. The minimum Gasteiger partial charge on any atom is -0.465 e. The van der Waals surface area contributed by atoms with Crippen molar-refractivity contribution in [2.75, 3.05) is 6.61 Å². The first kappa shape index (κ1) is 20.7. The van der Waals surface area contributed by atoms with Crippen molar-refractivity contribution in [3.05, 3.63) is 0 Å². The molecule has 0 radical (unpaired) electrons. The lowest BCUT2D eigenvalue weighted by Gasteiger charge is -2.60. The summed E-state index contributed by atoms with van der Waals surface area (Å²) in [5.41, 5.74) is -1.21. The Hall–Kier alpha value is -1.14. The van der Waals surface area contributed by atoms with Gasteiger partial charge in [0.15, 0.2) is 0 Å². The molecule has 1 saturated heterocycles. The number of fused-ring (bicyclic) bond motifs is 4. The first-order valence-corrected chi connectivity index (χ1v) is 11.8. The molecule has 1 spiro atoms. The van der Waals surface area contributed by atoms with Gasteiger partial charge in [0.05, 0.1) is 11.7 Å². The molecule has 168 valence electrons. The molecule has 4 aliphatic carbocycles. The molecule has 0 aromatic heterocycles. The summed E-state index contributed by atoms with van der Waals surface area (Å²) in [6.45, 7) is 7.65. The molecule has 1 N–H and O–H groups in total. The van der Waals surface area contributed by atoms with Gasteiger partial charge in [-0.2, -0.15) is 0 Å². The van der Waals surface area contributed by atoms with Gasteiger partial charge in [0, 0.05) is 25.7 Å². The van der Waals surface area contributed by atoms with Crippen molar-refractivity contribution in [2.24, 2.45) is 28.6 Å². The van der Waals surface area contributed by atoms with E-state index in [0.717, 1.165) is 44.9 Å². The van der Waals surface area contributed by atoms with Crippen LogP contribution in [0.5, 0.6) is 0 Å². The predicted octanol–water partition coefficient (Wildman–Crippen LogP) is 3.39. The van der Waals surface area contributed by atoms with Gasteiger partial charge < -0.3 is 19.3 Å². The van der Waals surface area contributed by atoms with E-state index in [1.807, 2.05) is 6.92 Å². The molecule has 5 aliphatic rings. The van der Waals surface area contributed by atoms with Crippen molar-refractivity contribution in [3.8, 4) is 0 Å². The fraction of sp³-hybridized carbons (Fsp3) is 0.917. The molecule has 5 rings (SSSR count). The van der Waals surface area contributed by atoms with Crippen molar-refractivity contribution in [3.63, 3.8) is 0 Å². The quantitative estimate of drug-likeness (QED) is 0.556. The Bertz CT molecular complexity index is 763. The van der Waals surface area contributed by atoms with Gasteiger partial charge in [-0.25, -0.2) is 0 Å². The van der Waals surface area contributed by atoms with Crippen molar-refractivity contribution in [1.29, 1.82) is 0 Å². The number of hydrogen-bond donors (Lipinski definition) is 1. The predicted molar refractivity (Wildman–Crippen MR) is 108 cm³/mol. The highest BCUT2D eigenvalue weighted by Gasteiger charge is 2.78. The summed E-state index contributed by atoms with van der Waals surface area (Å²) in [5.74, 6) is 0.899. The Balaban J connectivity index is 1.49. The molecule has 0 amide bonds. The van der Waals surface area contributed by atoms with Crippen LogP contribution in [-0.2, 0) is 23.8 Å². The molecule has 1 aliphatic heterocycles. The highest BCUT2D eigenvalue weighted by molar-refractivity contribution is 5.66. The lowest BCUT2D eigenvalue weighted by Crippen LogP contribution is -2.62. The van der Waals surface area contributed by atoms with Crippen LogP contribution in [0.2, 0.25) is 0 Å². The van der Waals surface area contributed by atoms with Crippen LogP contribution in [-0.4, -0.2) is 47.1 Å². The normalized spacial score (nSPS) is 53.6. The van der Waals surface area contributed by atoms with E-state index in [1.165, 1.54) is 13.8 Å². The third-order valence-electron chi connectivity index (χ3n) is 10.2. The first-order chi connectivity index (χ1) is 14.0. The second kappa shape index (κ2) is 6.44. The molecule has 6 nitrogen and oxygen atoms in total. The van der Waals surface area contributed by atoms with E-state index in [0.29, 0.717) is 30.8 Å². The first-order valence-electron chi connectivity index (χ1n) is 11.8. The zero-order valence-corrected chi connectivity index (χ0v) is 18.7. The average molecular weight is 421 g/mol. The van der Waals surface area contributed by atoms with E-state index in [9.17, 15) is 14.7 Å². The van der Waals surface area contributed by atoms with Gasteiger partial charge in [-0.1, -0.05) is 6.92 Å². The molecule has 0 aromatic carbocycles. The highest BCUT2D eigenvalue weighted by atomic mass is 16.6. The Kier molecular flexibility index (Phi) is 4.45.